The van der Waals surface area contributed by atoms with Crippen LogP contribution in [0.1, 0.15) is 50.2 Å². The molecule has 0 unspecified atom stereocenters. The van der Waals surface area contributed by atoms with E-state index >= 15 is 0 Å². The zero-order valence-corrected chi connectivity index (χ0v) is 27.5. The maximum absolute atomic E-state index is 13.1. The van der Waals surface area contributed by atoms with Gasteiger partial charge in [-0.1, -0.05) is 17.9 Å². The summed E-state index contributed by atoms with van der Waals surface area (Å²) in [6.45, 7) is 9.10. The first-order valence-corrected chi connectivity index (χ1v) is 15.0. The highest BCUT2D eigenvalue weighted by Crippen LogP contribution is 2.28. The molecule has 10 nitrogen and oxygen atoms in total. The van der Waals surface area contributed by atoms with Crippen molar-refractivity contribution in [2.75, 3.05) is 37.0 Å². The molecule has 2 aliphatic rings. The molecule has 0 aliphatic carbocycles. The van der Waals surface area contributed by atoms with E-state index in [4.69, 9.17) is 0 Å². The Kier molecular flexibility index (Phi) is 9.39. The van der Waals surface area contributed by atoms with Gasteiger partial charge in [-0.05, 0) is 82.0 Å². The third-order valence-electron chi connectivity index (χ3n) is 8.11. The number of aromatic nitrogens is 4. The number of benzene rings is 2. The molecule has 0 saturated carbocycles. The standard InChI is InChI=1S/2C18H17FN4O/c1-18(2)12-23(17(24)22(18)3)16-11-20-15(10-21-16)9-6-13-4-7-14(19)8-5-13;1-18(2)12-23(17(24)22(18)3)16-11-20-15(10-21-16)8-7-13-5-4-6-14(19)9-13/h4-5,7-8,10-11H,12H2,1-3H3;4-6,9-11H,12H2,1-3H3. The van der Waals surface area contributed by atoms with Crippen molar-refractivity contribution in [3.8, 4) is 23.7 Å². The topological polar surface area (TPSA) is 98.7 Å². The van der Waals surface area contributed by atoms with E-state index in [1.807, 2.05) is 27.7 Å². The van der Waals surface area contributed by atoms with Crippen LogP contribution in [0, 0.1) is 35.3 Å². The maximum Gasteiger partial charge on any atom is 0.326 e. The molecule has 244 valence electrons. The minimum absolute atomic E-state index is 0.0977. The molecule has 2 aromatic heterocycles. The van der Waals surface area contributed by atoms with Crippen molar-refractivity contribution in [3.05, 3.63) is 107 Å². The molecule has 4 heterocycles. The normalized spacial score (nSPS) is 16.1. The summed E-state index contributed by atoms with van der Waals surface area (Å²) in [4.78, 5) is 48.2. The molecule has 2 aromatic carbocycles. The van der Waals surface area contributed by atoms with E-state index < -0.39 is 0 Å². The Hall–Kier alpha value is -5.88. The van der Waals surface area contributed by atoms with Crippen LogP contribution in [-0.4, -0.2) is 80.1 Å². The monoisotopic (exact) mass is 648 g/mol. The van der Waals surface area contributed by atoms with Crippen LogP contribution < -0.4 is 9.80 Å². The second-order valence-electron chi connectivity index (χ2n) is 12.5. The Labute approximate surface area is 278 Å². The Bertz CT molecular complexity index is 1940. The van der Waals surface area contributed by atoms with E-state index in [1.165, 1.54) is 42.9 Å². The molecule has 48 heavy (non-hydrogen) atoms. The first-order chi connectivity index (χ1) is 22.7. The molecule has 0 spiro atoms. The fraction of sp³-hybridized carbons (Fsp3) is 0.278. The summed E-state index contributed by atoms with van der Waals surface area (Å²) in [5.74, 6) is 11.8. The van der Waals surface area contributed by atoms with Gasteiger partial charge in [-0.25, -0.2) is 38.3 Å². The van der Waals surface area contributed by atoms with Crippen LogP contribution in [0.2, 0.25) is 0 Å². The summed E-state index contributed by atoms with van der Waals surface area (Å²) in [6.07, 6.45) is 6.12. The van der Waals surface area contributed by atoms with Gasteiger partial charge in [-0.3, -0.25) is 9.80 Å². The summed E-state index contributed by atoms with van der Waals surface area (Å²) < 4.78 is 26.0. The van der Waals surface area contributed by atoms with Crippen LogP contribution >= 0.6 is 0 Å². The van der Waals surface area contributed by atoms with Crippen molar-refractivity contribution in [1.82, 2.24) is 29.7 Å². The summed E-state index contributed by atoms with van der Waals surface area (Å²) in [5.41, 5.74) is 1.71. The van der Waals surface area contributed by atoms with Gasteiger partial charge in [0.1, 0.15) is 23.0 Å². The van der Waals surface area contributed by atoms with Crippen molar-refractivity contribution in [2.24, 2.45) is 0 Å². The first kappa shape index (κ1) is 33.5. The maximum atomic E-state index is 13.1. The zero-order valence-electron chi connectivity index (χ0n) is 27.5. The second kappa shape index (κ2) is 13.5. The largest absolute Gasteiger partial charge is 0.326 e. The van der Waals surface area contributed by atoms with Crippen molar-refractivity contribution in [2.45, 2.75) is 38.8 Å². The predicted octanol–water partition coefficient (Wildman–Crippen LogP) is 5.33. The number of urea groups is 2. The van der Waals surface area contributed by atoms with Gasteiger partial charge in [-0.15, -0.1) is 0 Å². The van der Waals surface area contributed by atoms with Crippen LogP contribution in [0.25, 0.3) is 0 Å². The molecule has 0 N–H and O–H groups in total. The average molecular weight is 649 g/mol. The van der Waals surface area contributed by atoms with Gasteiger partial charge >= 0.3 is 12.1 Å². The third kappa shape index (κ3) is 7.56. The van der Waals surface area contributed by atoms with E-state index in [-0.39, 0.29) is 34.8 Å². The number of hydrogen-bond donors (Lipinski definition) is 0. The lowest BCUT2D eigenvalue weighted by Gasteiger charge is -2.24. The molecule has 4 amide bonds. The van der Waals surface area contributed by atoms with E-state index in [2.05, 4.69) is 43.6 Å². The highest BCUT2D eigenvalue weighted by atomic mass is 19.1. The fourth-order valence-electron chi connectivity index (χ4n) is 4.78. The van der Waals surface area contributed by atoms with Crippen LogP contribution in [0.3, 0.4) is 0 Å². The second-order valence-corrected chi connectivity index (χ2v) is 12.5. The summed E-state index contributed by atoms with van der Waals surface area (Å²) in [7, 11) is 3.55. The zero-order chi connectivity index (χ0) is 34.6. The highest BCUT2D eigenvalue weighted by molar-refractivity contribution is 5.94. The lowest BCUT2D eigenvalue weighted by molar-refractivity contribution is 0.197. The molecule has 2 fully saturated rings. The lowest BCUT2D eigenvalue weighted by atomic mass is 10.1. The van der Waals surface area contributed by atoms with E-state index in [1.54, 1.807) is 64.2 Å². The molecular formula is C36H34F2N8O2. The minimum Gasteiger partial charge on any atom is -0.320 e. The summed E-state index contributed by atoms with van der Waals surface area (Å²) in [5, 5.41) is 0. The first-order valence-electron chi connectivity index (χ1n) is 15.0. The number of anilines is 2. The molecule has 0 bridgehead atoms. The number of hydrogen-bond acceptors (Lipinski definition) is 6. The molecular weight excluding hydrogens is 614 g/mol. The highest BCUT2D eigenvalue weighted by Gasteiger charge is 2.42. The van der Waals surface area contributed by atoms with Gasteiger partial charge in [0.15, 0.2) is 11.6 Å². The fourth-order valence-corrected chi connectivity index (χ4v) is 4.78. The number of carbonyl (C=O) groups is 2. The van der Waals surface area contributed by atoms with Gasteiger partial charge in [0.05, 0.1) is 49.0 Å². The van der Waals surface area contributed by atoms with Gasteiger partial charge in [0.2, 0.25) is 0 Å². The summed E-state index contributed by atoms with van der Waals surface area (Å²) >= 11 is 0. The van der Waals surface area contributed by atoms with E-state index in [0.29, 0.717) is 47.2 Å². The predicted molar refractivity (Wildman–Crippen MR) is 178 cm³/mol. The van der Waals surface area contributed by atoms with E-state index in [0.717, 1.165) is 0 Å². The van der Waals surface area contributed by atoms with Crippen molar-refractivity contribution in [3.63, 3.8) is 0 Å². The van der Waals surface area contributed by atoms with Crippen LogP contribution in [0.5, 0.6) is 0 Å². The third-order valence-corrected chi connectivity index (χ3v) is 8.11. The average Bonchev–Trinajstić information content (AvgIpc) is 3.41. The van der Waals surface area contributed by atoms with Crippen molar-refractivity contribution in [1.29, 1.82) is 0 Å². The number of nitrogens with zero attached hydrogens (tertiary/aromatic N) is 8. The van der Waals surface area contributed by atoms with Crippen LogP contribution in [-0.2, 0) is 0 Å². The number of likely N-dealkylation sites (N-methyl/N-ethyl adjacent to an activating group) is 2. The Morgan fingerprint density at radius 2 is 1.08 bits per heavy atom. The van der Waals surface area contributed by atoms with Gasteiger partial charge < -0.3 is 9.80 Å². The van der Waals surface area contributed by atoms with Crippen LogP contribution in [0.4, 0.5) is 30.0 Å². The van der Waals surface area contributed by atoms with Crippen LogP contribution in [0.15, 0.2) is 73.3 Å². The Morgan fingerprint density at radius 1 is 0.604 bits per heavy atom. The molecule has 12 heteroatoms. The summed E-state index contributed by atoms with van der Waals surface area (Å²) in [6, 6.07) is 11.8. The number of carbonyl (C=O) groups excluding carboxylic acids is 2. The number of rotatable bonds is 2. The number of amides is 4. The molecule has 0 atom stereocenters. The van der Waals surface area contributed by atoms with Gasteiger partial charge in [0.25, 0.3) is 0 Å². The minimum atomic E-state index is -0.331. The smallest absolute Gasteiger partial charge is 0.320 e. The van der Waals surface area contributed by atoms with Gasteiger partial charge in [0, 0.05) is 25.2 Å². The van der Waals surface area contributed by atoms with Crippen molar-refractivity contribution < 1.29 is 18.4 Å². The van der Waals surface area contributed by atoms with E-state index in [9.17, 15) is 18.4 Å². The Morgan fingerprint density at radius 3 is 1.48 bits per heavy atom. The lowest BCUT2D eigenvalue weighted by Crippen LogP contribution is -2.38. The molecule has 4 aromatic rings. The SMILES string of the molecule is CN1C(=O)N(c2cnc(C#Cc3ccc(F)cc3)cn2)CC1(C)C.CN1C(=O)N(c2cnc(C#Cc3cccc(F)c3)cn2)CC1(C)C. The molecule has 2 aliphatic heterocycles. The van der Waals surface area contributed by atoms with Gasteiger partial charge in [-0.2, -0.15) is 0 Å². The van der Waals surface area contributed by atoms with Crippen molar-refractivity contribution >= 4 is 23.7 Å². The molecule has 0 radical (unpaired) electrons. The quantitative estimate of drug-likeness (QED) is 0.273. The molecule has 6 rings (SSSR count). The number of halogens is 2. The molecule has 2 saturated heterocycles. The Balaban J connectivity index is 0.000000188.